The number of hydrogen-bond acceptors (Lipinski definition) is 5. The molecule has 1 aromatic heterocycles. The maximum absolute atomic E-state index is 9.61. The lowest BCUT2D eigenvalue weighted by molar-refractivity contribution is 0.0131. The first kappa shape index (κ1) is 13.3. The average Bonchev–Trinajstić information content (AvgIpc) is 2.26. The predicted octanol–water partition coefficient (Wildman–Crippen LogP) is 0.957. The molecule has 0 aromatic carbocycles. The Balaban J connectivity index is 2.70. The van der Waals surface area contributed by atoms with Crippen molar-refractivity contribution in [1.29, 1.82) is 0 Å². The summed E-state index contributed by atoms with van der Waals surface area (Å²) in [6, 6.07) is 1.73. The van der Waals surface area contributed by atoms with E-state index >= 15 is 0 Å². The summed E-state index contributed by atoms with van der Waals surface area (Å²) in [5.74, 6) is 1.35. The molecule has 0 aliphatic rings. The molecule has 0 aliphatic heterocycles. The Bertz CT molecular complexity index is 358. The van der Waals surface area contributed by atoms with Gasteiger partial charge in [-0.05, 0) is 22.9 Å². The van der Waals surface area contributed by atoms with Crippen molar-refractivity contribution in [3.8, 4) is 0 Å². The summed E-state index contributed by atoms with van der Waals surface area (Å²) in [7, 11) is 0. The molecule has 0 radical (unpaired) electrons. The lowest BCUT2D eigenvalue weighted by Gasteiger charge is -2.21. The van der Waals surface area contributed by atoms with E-state index in [1.165, 1.54) is 0 Å². The summed E-state index contributed by atoms with van der Waals surface area (Å²) in [5.41, 5.74) is -1.15. The van der Waals surface area contributed by atoms with Crippen LogP contribution in [0.4, 0.5) is 5.82 Å². The largest absolute Gasteiger partial charge is 0.393 e. The first-order valence-electron chi connectivity index (χ1n) is 5.07. The maximum Gasteiger partial charge on any atom is 0.131 e. The zero-order valence-electron chi connectivity index (χ0n) is 9.37. The Morgan fingerprint density at radius 1 is 1.50 bits per heavy atom. The third kappa shape index (κ3) is 4.03. The van der Waals surface area contributed by atoms with Crippen LogP contribution in [0.5, 0.6) is 0 Å². The third-order valence-corrected chi connectivity index (χ3v) is 2.45. The van der Waals surface area contributed by atoms with Crippen LogP contribution >= 0.6 is 15.9 Å². The molecular weight excluding hydrogens is 274 g/mol. The molecule has 3 N–H and O–H groups in total. The van der Waals surface area contributed by atoms with Gasteiger partial charge in [0.05, 0.1) is 6.61 Å². The number of nitrogens with zero attached hydrogens (tertiary/aromatic N) is 2. The SMILES string of the molecule is CCc1nc(Br)cc(NCC(C)(O)CO)n1. The molecule has 90 valence electrons. The smallest absolute Gasteiger partial charge is 0.131 e. The van der Waals surface area contributed by atoms with E-state index in [1.807, 2.05) is 6.92 Å². The first-order valence-corrected chi connectivity index (χ1v) is 5.86. The number of rotatable bonds is 5. The predicted molar refractivity (Wildman–Crippen MR) is 65.3 cm³/mol. The van der Waals surface area contributed by atoms with Crippen molar-refractivity contribution in [3.05, 3.63) is 16.5 Å². The molecule has 0 saturated carbocycles. The van der Waals surface area contributed by atoms with E-state index < -0.39 is 5.60 Å². The van der Waals surface area contributed by atoms with Crippen LogP contribution in [0.15, 0.2) is 10.7 Å². The Labute approximate surface area is 103 Å². The molecule has 0 spiro atoms. The fraction of sp³-hybridized carbons (Fsp3) is 0.600. The average molecular weight is 290 g/mol. The fourth-order valence-corrected chi connectivity index (χ4v) is 1.47. The Kier molecular flexibility index (Phi) is 4.64. The van der Waals surface area contributed by atoms with Crippen molar-refractivity contribution >= 4 is 21.7 Å². The van der Waals surface area contributed by atoms with Gasteiger partial charge in [-0.2, -0.15) is 0 Å². The molecular formula is C10H16BrN3O2. The standard InChI is InChI=1S/C10H16BrN3O2/c1-3-8-13-7(11)4-9(14-8)12-5-10(2,16)6-15/h4,15-16H,3,5-6H2,1-2H3,(H,12,13,14). The van der Waals surface area contributed by atoms with Crippen LogP contribution < -0.4 is 5.32 Å². The number of nitrogens with one attached hydrogen (secondary N) is 1. The van der Waals surface area contributed by atoms with E-state index in [0.29, 0.717) is 10.4 Å². The molecule has 6 heteroatoms. The van der Waals surface area contributed by atoms with Gasteiger partial charge in [0, 0.05) is 19.0 Å². The number of aliphatic hydroxyl groups is 2. The van der Waals surface area contributed by atoms with E-state index in [4.69, 9.17) is 5.11 Å². The molecule has 5 nitrogen and oxygen atoms in total. The Hall–Kier alpha value is -0.720. The lowest BCUT2D eigenvalue weighted by Crippen LogP contribution is -2.37. The van der Waals surface area contributed by atoms with Crippen LogP contribution in [0.25, 0.3) is 0 Å². The lowest BCUT2D eigenvalue weighted by atomic mass is 10.1. The number of anilines is 1. The summed E-state index contributed by atoms with van der Waals surface area (Å²) in [6.45, 7) is 3.45. The van der Waals surface area contributed by atoms with Crippen molar-refractivity contribution in [1.82, 2.24) is 9.97 Å². The van der Waals surface area contributed by atoms with Crippen LogP contribution in [0, 0.1) is 0 Å². The summed E-state index contributed by atoms with van der Waals surface area (Å²) >= 11 is 3.29. The number of hydrogen-bond donors (Lipinski definition) is 3. The molecule has 1 unspecified atom stereocenters. The highest BCUT2D eigenvalue weighted by Gasteiger charge is 2.18. The quantitative estimate of drug-likeness (QED) is 0.704. The highest BCUT2D eigenvalue weighted by Crippen LogP contribution is 2.13. The molecule has 0 fully saturated rings. The maximum atomic E-state index is 9.61. The molecule has 0 aliphatic carbocycles. The minimum absolute atomic E-state index is 0.232. The van der Waals surface area contributed by atoms with Crippen LogP contribution in [0.1, 0.15) is 19.7 Å². The monoisotopic (exact) mass is 289 g/mol. The second-order valence-electron chi connectivity index (χ2n) is 3.85. The van der Waals surface area contributed by atoms with Gasteiger partial charge in [0.15, 0.2) is 0 Å². The normalized spacial score (nSPS) is 14.6. The van der Waals surface area contributed by atoms with E-state index in [-0.39, 0.29) is 13.2 Å². The van der Waals surface area contributed by atoms with Crippen molar-refractivity contribution in [2.75, 3.05) is 18.5 Å². The minimum atomic E-state index is -1.15. The third-order valence-electron chi connectivity index (χ3n) is 2.05. The summed E-state index contributed by atoms with van der Waals surface area (Å²) in [5, 5.41) is 21.5. The van der Waals surface area contributed by atoms with Gasteiger partial charge in [-0.3, -0.25) is 0 Å². The molecule has 0 amide bonds. The van der Waals surface area contributed by atoms with Gasteiger partial charge >= 0.3 is 0 Å². The minimum Gasteiger partial charge on any atom is -0.393 e. The van der Waals surface area contributed by atoms with Crippen molar-refractivity contribution in [3.63, 3.8) is 0 Å². The van der Waals surface area contributed by atoms with Gasteiger partial charge in [-0.15, -0.1) is 0 Å². The summed E-state index contributed by atoms with van der Waals surface area (Å²) in [4.78, 5) is 8.42. The van der Waals surface area contributed by atoms with Gasteiger partial charge in [0.1, 0.15) is 21.8 Å². The van der Waals surface area contributed by atoms with Gasteiger partial charge in [-0.25, -0.2) is 9.97 Å². The second kappa shape index (κ2) is 5.56. The van der Waals surface area contributed by atoms with Gasteiger partial charge in [0.2, 0.25) is 0 Å². The summed E-state index contributed by atoms with van der Waals surface area (Å²) < 4.78 is 0.700. The van der Waals surface area contributed by atoms with Crippen LogP contribution in [-0.2, 0) is 6.42 Å². The molecule has 0 bridgehead atoms. The highest BCUT2D eigenvalue weighted by molar-refractivity contribution is 9.10. The number of aliphatic hydroxyl groups excluding tert-OH is 1. The Morgan fingerprint density at radius 2 is 2.19 bits per heavy atom. The first-order chi connectivity index (χ1) is 7.46. The highest BCUT2D eigenvalue weighted by atomic mass is 79.9. The van der Waals surface area contributed by atoms with Crippen molar-refractivity contribution in [2.24, 2.45) is 0 Å². The number of aryl methyl sites for hydroxylation is 1. The van der Waals surface area contributed by atoms with Gasteiger partial charge < -0.3 is 15.5 Å². The second-order valence-corrected chi connectivity index (χ2v) is 4.67. The topological polar surface area (TPSA) is 78.3 Å². The molecule has 16 heavy (non-hydrogen) atoms. The fourth-order valence-electron chi connectivity index (χ4n) is 1.05. The summed E-state index contributed by atoms with van der Waals surface area (Å²) in [6.07, 6.45) is 0.741. The number of halogens is 1. The molecule has 1 aromatic rings. The van der Waals surface area contributed by atoms with E-state index in [9.17, 15) is 5.11 Å². The van der Waals surface area contributed by atoms with Crippen LogP contribution in [0.2, 0.25) is 0 Å². The molecule has 1 atom stereocenters. The molecule has 1 rings (SSSR count). The van der Waals surface area contributed by atoms with Gasteiger partial charge in [0.25, 0.3) is 0 Å². The van der Waals surface area contributed by atoms with Gasteiger partial charge in [-0.1, -0.05) is 6.92 Å². The van der Waals surface area contributed by atoms with Crippen molar-refractivity contribution in [2.45, 2.75) is 25.9 Å². The molecule has 1 heterocycles. The van der Waals surface area contributed by atoms with E-state index in [2.05, 4.69) is 31.2 Å². The van der Waals surface area contributed by atoms with Crippen LogP contribution in [0.3, 0.4) is 0 Å². The van der Waals surface area contributed by atoms with E-state index in [1.54, 1.807) is 13.0 Å². The van der Waals surface area contributed by atoms with Crippen molar-refractivity contribution < 1.29 is 10.2 Å². The van der Waals surface area contributed by atoms with Crippen LogP contribution in [-0.4, -0.2) is 38.9 Å². The molecule has 0 saturated heterocycles. The zero-order valence-corrected chi connectivity index (χ0v) is 11.0. The zero-order chi connectivity index (χ0) is 12.2. The number of aromatic nitrogens is 2. The Morgan fingerprint density at radius 3 is 2.75 bits per heavy atom. The van der Waals surface area contributed by atoms with E-state index in [0.717, 1.165) is 12.2 Å².